The molecule has 0 bridgehead atoms. The largest absolute Gasteiger partial charge is 0.475 e. The van der Waals surface area contributed by atoms with Crippen molar-refractivity contribution in [1.82, 2.24) is 24.6 Å². The Hall–Kier alpha value is -3.36. The molecule has 4 rings (SSSR count). The SMILES string of the molecule is Cc1nc(OC(C)C)ccc1NC(=O)N1CCN(c2ccnc3c2cnn3C)[C@@H](C)C1. The molecule has 2 amide bonds. The number of amides is 2. The number of anilines is 2. The third kappa shape index (κ3) is 4.26. The topological polar surface area (TPSA) is 88.4 Å². The number of carbonyl (C=O) groups excluding carboxylic acids is 1. The van der Waals surface area contributed by atoms with Crippen LogP contribution in [0, 0.1) is 6.92 Å². The van der Waals surface area contributed by atoms with Crippen LogP contribution in [-0.4, -0.2) is 62.5 Å². The van der Waals surface area contributed by atoms with Gasteiger partial charge in [0.25, 0.3) is 0 Å². The Morgan fingerprint density at radius 1 is 1.26 bits per heavy atom. The molecule has 1 atom stereocenters. The summed E-state index contributed by atoms with van der Waals surface area (Å²) in [5.74, 6) is 0.562. The molecule has 3 aromatic rings. The van der Waals surface area contributed by atoms with Gasteiger partial charge in [-0.1, -0.05) is 0 Å². The van der Waals surface area contributed by atoms with Crippen LogP contribution >= 0.6 is 0 Å². The van der Waals surface area contributed by atoms with E-state index >= 15 is 0 Å². The van der Waals surface area contributed by atoms with Crippen LogP contribution in [0.3, 0.4) is 0 Å². The number of hydrogen-bond donors (Lipinski definition) is 1. The number of hydrogen-bond acceptors (Lipinski definition) is 6. The van der Waals surface area contributed by atoms with Crippen LogP contribution in [0.2, 0.25) is 0 Å². The highest BCUT2D eigenvalue weighted by atomic mass is 16.5. The van der Waals surface area contributed by atoms with E-state index in [1.165, 1.54) is 0 Å². The average molecular weight is 424 g/mol. The summed E-state index contributed by atoms with van der Waals surface area (Å²) in [5, 5.41) is 8.36. The zero-order valence-electron chi connectivity index (χ0n) is 18.7. The van der Waals surface area contributed by atoms with E-state index in [-0.39, 0.29) is 18.2 Å². The lowest BCUT2D eigenvalue weighted by Gasteiger charge is -2.41. The molecule has 164 valence electrons. The Morgan fingerprint density at radius 2 is 2.06 bits per heavy atom. The highest BCUT2D eigenvalue weighted by molar-refractivity contribution is 5.91. The number of piperazine rings is 1. The van der Waals surface area contributed by atoms with Crippen LogP contribution in [0.25, 0.3) is 11.0 Å². The van der Waals surface area contributed by atoms with E-state index in [1.54, 1.807) is 10.7 Å². The molecule has 31 heavy (non-hydrogen) atoms. The molecule has 9 nitrogen and oxygen atoms in total. The molecular formula is C22H29N7O2. The van der Waals surface area contributed by atoms with Gasteiger partial charge in [0.05, 0.1) is 34.8 Å². The lowest BCUT2D eigenvalue weighted by atomic mass is 10.1. The van der Waals surface area contributed by atoms with E-state index in [0.29, 0.717) is 24.7 Å². The Morgan fingerprint density at radius 3 is 2.77 bits per heavy atom. The summed E-state index contributed by atoms with van der Waals surface area (Å²) >= 11 is 0. The second-order valence-electron chi connectivity index (χ2n) is 8.20. The molecule has 1 fully saturated rings. The van der Waals surface area contributed by atoms with Gasteiger partial charge in [-0.3, -0.25) is 4.68 Å². The summed E-state index contributed by atoms with van der Waals surface area (Å²) in [6.07, 6.45) is 3.72. The number of aromatic nitrogens is 4. The zero-order valence-corrected chi connectivity index (χ0v) is 18.7. The van der Waals surface area contributed by atoms with Gasteiger partial charge >= 0.3 is 6.03 Å². The molecule has 1 N–H and O–H groups in total. The second-order valence-corrected chi connectivity index (χ2v) is 8.20. The molecule has 1 aliphatic rings. The van der Waals surface area contributed by atoms with Gasteiger partial charge < -0.3 is 19.9 Å². The summed E-state index contributed by atoms with van der Waals surface area (Å²) in [6, 6.07) is 5.69. The van der Waals surface area contributed by atoms with Crippen molar-refractivity contribution in [2.45, 2.75) is 39.8 Å². The fourth-order valence-electron chi connectivity index (χ4n) is 3.96. The molecule has 4 heterocycles. The molecule has 0 radical (unpaired) electrons. The minimum atomic E-state index is -0.116. The third-order valence-electron chi connectivity index (χ3n) is 5.50. The van der Waals surface area contributed by atoms with Gasteiger partial charge in [-0.15, -0.1) is 0 Å². The molecule has 0 saturated carbocycles. The molecule has 1 saturated heterocycles. The Bertz CT molecular complexity index is 1090. The molecule has 1 aliphatic heterocycles. The summed E-state index contributed by atoms with van der Waals surface area (Å²) in [7, 11) is 1.89. The molecular weight excluding hydrogens is 394 g/mol. The van der Waals surface area contributed by atoms with Crippen LogP contribution < -0.4 is 15.0 Å². The van der Waals surface area contributed by atoms with Crippen LogP contribution in [0.1, 0.15) is 26.5 Å². The first-order valence-corrected chi connectivity index (χ1v) is 10.6. The first-order valence-electron chi connectivity index (χ1n) is 10.6. The number of ether oxygens (including phenoxy) is 1. The molecule has 0 aromatic carbocycles. The second kappa shape index (κ2) is 8.41. The minimum absolute atomic E-state index is 0.0541. The number of fused-ring (bicyclic) bond motifs is 1. The van der Waals surface area contributed by atoms with Crippen molar-refractivity contribution in [3.8, 4) is 5.88 Å². The predicted molar refractivity (Wildman–Crippen MR) is 121 cm³/mol. The van der Waals surface area contributed by atoms with Crippen molar-refractivity contribution >= 4 is 28.4 Å². The maximum absolute atomic E-state index is 12.9. The van der Waals surface area contributed by atoms with Crippen molar-refractivity contribution in [2.24, 2.45) is 7.05 Å². The summed E-state index contributed by atoms with van der Waals surface area (Å²) in [5.41, 5.74) is 3.39. The van der Waals surface area contributed by atoms with E-state index in [9.17, 15) is 4.79 Å². The minimum Gasteiger partial charge on any atom is -0.475 e. The summed E-state index contributed by atoms with van der Waals surface area (Å²) in [6.45, 7) is 9.90. The fourth-order valence-corrected chi connectivity index (χ4v) is 3.96. The molecule has 0 spiro atoms. The Kier molecular flexibility index (Phi) is 5.67. The summed E-state index contributed by atoms with van der Waals surface area (Å²) < 4.78 is 7.40. The number of nitrogens with zero attached hydrogens (tertiary/aromatic N) is 6. The van der Waals surface area contributed by atoms with Crippen LogP contribution in [0.4, 0.5) is 16.2 Å². The van der Waals surface area contributed by atoms with Crippen molar-refractivity contribution in [3.05, 3.63) is 36.3 Å². The van der Waals surface area contributed by atoms with E-state index < -0.39 is 0 Å². The monoisotopic (exact) mass is 423 g/mol. The van der Waals surface area contributed by atoms with Gasteiger partial charge in [0.1, 0.15) is 0 Å². The number of aryl methyl sites for hydroxylation is 2. The standard InChI is InChI=1S/C22H29N7O2/c1-14(2)31-20-7-6-18(16(4)25-20)26-22(30)28-10-11-29(15(3)13-28)19-8-9-23-21-17(19)12-24-27(21)5/h6-9,12,14-15H,10-11,13H2,1-5H3,(H,26,30)/t15-/m0/s1. The van der Waals surface area contributed by atoms with Crippen LogP contribution in [0.15, 0.2) is 30.6 Å². The lowest BCUT2D eigenvalue weighted by molar-refractivity contribution is 0.200. The lowest BCUT2D eigenvalue weighted by Crippen LogP contribution is -2.54. The van der Waals surface area contributed by atoms with Gasteiger partial charge in [0, 0.05) is 45.0 Å². The van der Waals surface area contributed by atoms with Gasteiger partial charge in [-0.2, -0.15) is 5.10 Å². The van der Waals surface area contributed by atoms with Crippen LogP contribution in [-0.2, 0) is 7.05 Å². The number of carbonyl (C=O) groups is 1. The molecule has 0 unspecified atom stereocenters. The molecule has 9 heteroatoms. The van der Waals surface area contributed by atoms with Crippen LogP contribution in [0.5, 0.6) is 5.88 Å². The molecule has 3 aromatic heterocycles. The number of nitrogens with one attached hydrogen (secondary N) is 1. The molecule has 0 aliphatic carbocycles. The first-order chi connectivity index (χ1) is 14.8. The summed E-state index contributed by atoms with van der Waals surface area (Å²) in [4.78, 5) is 25.9. The quantitative estimate of drug-likeness (QED) is 0.693. The van der Waals surface area contributed by atoms with Gasteiger partial charge in [0.2, 0.25) is 5.88 Å². The number of rotatable bonds is 4. The number of urea groups is 1. The maximum Gasteiger partial charge on any atom is 0.322 e. The fraction of sp³-hybridized carbons (Fsp3) is 0.455. The zero-order chi connectivity index (χ0) is 22.1. The first kappa shape index (κ1) is 20.9. The average Bonchev–Trinajstić information content (AvgIpc) is 3.11. The van der Waals surface area contributed by atoms with Gasteiger partial charge in [0.15, 0.2) is 5.65 Å². The number of pyridine rings is 2. The van der Waals surface area contributed by atoms with Gasteiger partial charge in [-0.05, 0) is 39.8 Å². The predicted octanol–water partition coefficient (Wildman–Crippen LogP) is 3.20. The highest BCUT2D eigenvalue weighted by Gasteiger charge is 2.28. The van der Waals surface area contributed by atoms with E-state index in [1.807, 2.05) is 57.2 Å². The van der Waals surface area contributed by atoms with Gasteiger partial charge in [-0.25, -0.2) is 14.8 Å². The Labute approximate surface area is 182 Å². The van der Waals surface area contributed by atoms with Crippen molar-refractivity contribution in [1.29, 1.82) is 0 Å². The smallest absolute Gasteiger partial charge is 0.322 e. The van der Waals surface area contributed by atoms with E-state index in [2.05, 4.69) is 32.2 Å². The van der Waals surface area contributed by atoms with Crippen molar-refractivity contribution in [3.63, 3.8) is 0 Å². The Balaban J connectivity index is 1.43. The highest BCUT2D eigenvalue weighted by Crippen LogP contribution is 2.28. The third-order valence-corrected chi connectivity index (χ3v) is 5.50. The van der Waals surface area contributed by atoms with E-state index in [0.717, 1.165) is 29.0 Å². The van der Waals surface area contributed by atoms with Crippen molar-refractivity contribution in [2.75, 3.05) is 29.9 Å². The maximum atomic E-state index is 12.9. The normalized spacial score (nSPS) is 16.8. The van der Waals surface area contributed by atoms with Crippen molar-refractivity contribution < 1.29 is 9.53 Å². The van der Waals surface area contributed by atoms with E-state index in [4.69, 9.17) is 4.74 Å².